The monoisotopic (exact) mass is 309 g/mol. The zero-order valence-corrected chi connectivity index (χ0v) is 13.7. The highest BCUT2D eigenvalue weighted by atomic mass is 16.2. The van der Waals surface area contributed by atoms with Crippen LogP contribution in [0.2, 0.25) is 0 Å². The summed E-state index contributed by atoms with van der Waals surface area (Å²) in [6, 6.07) is 18.7. The molecule has 1 aliphatic rings. The van der Waals surface area contributed by atoms with Gasteiger partial charge < -0.3 is 10.6 Å². The van der Waals surface area contributed by atoms with Gasteiger partial charge >= 0.3 is 0 Å². The molecule has 23 heavy (non-hydrogen) atoms. The summed E-state index contributed by atoms with van der Waals surface area (Å²) in [6.07, 6.45) is 5.06. The van der Waals surface area contributed by atoms with E-state index in [9.17, 15) is 4.79 Å². The molecular formula is C20H25N2O+. The number of amides is 1. The van der Waals surface area contributed by atoms with Crippen molar-refractivity contribution >= 4 is 11.6 Å². The van der Waals surface area contributed by atoms with Crippen molar-refractivity contribution in [2.75, 3.05) is 5.32 Å². The molecule has 0 heterocycles. The molecular weight excluding hydrogens is 284 g/mol. The standard InChI is InChI=1S/C20H24N2O/c1-15(21-17-11-5-6-12-17)20(23)22-19-14-8-7-13-18(19)16-9-3-2-4-10-16/h2-4,7-10,13-15,17,21H,5-6,11-12H2,1H3,(H,22,23)/p+1/t15-/m0/s1. The first-order chi connectivity index (χ1) is 11.2. The average Bonchev–Trinajstić information content (AvgIpc) is 3.09. The number of quaternary nitrogens is 1. The van der Waals surface area contributed by atoms with Crippen LogP contribution in [0.4, 0.5) is 5.69 Å². The molecule has 0 radical (unpaired) electrons. The molecule has 120 valence electrons. The maximum atomic E-state index is 12.5. The van der Waals surface area contributed by atoms with Gasteiger partial charge in [0.1, 0.15) is 0 Å². The predicted octanol–water partition coefficient (Wildman–Crippen LogP) is 3.19. The molecule has 1 fully saturated rings. The predicted molar refractivity (Wildman–Crippen MR) is 94.2 cm³/mol. The van der Waals surface area contributed by atoms with E-state index >= 15 is 0 Å². The van der Waals surface area contributed by atoms with Gasteiger partial charge in [0.25, 0.3) is 5.91 Å². The molecule has 3 N–H and O–H groups in total. The minimum atomic E-state index is -0.0538. The molecule has 1 atom stereocenters. The van der Waals surface area contributed by atoms with Gasteiger partial charge in [-0.3, -0.25) is 4.79 Å². The van der Waals surface area contributed by atoms with Gasteiger partial charge in [0, 0.05) is 11.3 Å². The quantitative estimate of drug-likeness (QED) is 0.875. The van der Waals surface area contributed by atoms with Crippen LogP contribution in [-0.4, -0.2) is 18.0 Å². The van der Waals surface area contributed by atoms with Gasteiger partial charge in [0.2, 0.25) is 0 Å². The maximum absolute atomic E-state index is 12.5. The number of anilines is 1. The number of hydrogen-bond acceptors (Lipinski definition) is 1. The molecule has 3 nitrogen and oxygen atoms in total. The average molecular weight is 309 g/mol. The van der Waals surface area contributed by atoms with Crippen LogP contribution < -0.4 is 10.6 Å². The van der Waals surface area contributed by atoms with Crippen molar-refractivity contribution < 1.29 is 10.1 Å². The van der Waals surface area contributed by atoms with Crippen molar-refractivity contribution in [1.29, 1.82) is 0 Å². The summed E-state index contributed by atoms with van der Waals surface area (Å²) in [7, 11) is 0. The number of para-hydroxylation sites is 1. The second kappa shape index (κ2) is 7.42. The van der Waals surface area contributed by atoms with Crippen LogP contribution in [0.1, 0.15) is 32.6 Å². The second-order valence-corrected chi connectivity index (χ2v) is 6.43. The number of nitrogens with two attached hydrogens (primary N) is 1. The highest BCUT2D eigenvalue weighted by Crippen LogP contribution is 2.27. The molecule has 0 spiro atoms. The van der Waals surface area contributed by atoms with Crippen LogP contribution in [0.15, 0.2) is 54.6 Å². The van der Waals surface area contributed by atoms with Gasteiger partial charge in [0.15, 0.2) is 6.04 Å². The first-order valence-electron chi connectivity index (χ1n) is 8.54. The smallest absolute Gasteiger partial charge is 0.282 e. The number of benzene rings is 2. The van der Waals surface area contributed by atoms with Crippen molar-refractivity contribution in [2.45, 2.75) is 44.7 Å². The van der Waals surface area contributed by atoms with Gasteiger partial charge in [-0.25, -0.2) is 0 Å². The lowest BCUT2D eigenvalue weighted by Gasteiger charge is -2.17. The van der Waals surface area contributed by atoms with Crippen molar-refractivity contribution in [3.05, 3.63) is 54.6 Å². The lowest BCUT2D eigenvalue weighted by Crippen LogP contribution is -2.95. The van der Waals surface area contributed by atoms with Crippen molar-refractivity contribution in [3.63, 3.8) is 0 Å². The van der Waals surface area contributed by atoms with E-state index in [1.54, 1.807) is 0 Å². The fourth-order valence-electron chi connectivity index (χ4n) is 3.35. The van der Waals surface area contributed by atoms with E-state index < -0.39 is 0 Å². The van der Waals surface area contributed by atoms with Gasteiger partial charge in [-0.15, -0.1) is 0 Å². The summed E-state index contributed by atoms with van der Waals surface area (Å²) < 4.78 is 0. The Hall–Kier alpha value is -2.13. The zero-order valence-electron chi connectivity index (χ0n) is 13.7. The van der Waals surface area contributed by atoms with Crippen molar-refractivity contribution in [3.8, 4) is 11.1 Å². The zero-order chi connectivity index (χ0) is 16.1. The fourth-order valence-corrected chi connectivity index (χ4v) is 3.35. The number of nitrogens with one attached hydrogen (secondary N) is 1. The Kier molecular flexibility index (Phi) is 5.09. The topological polar surface area (TPSA) is 45.7 Å². The molecule has 1 amide bonds. The molecule has 1 aliphatic carbocycles. The van der Waals surface area contributed by atoms with Crippen LogP contribution in [-0.2, 0) is 4.79 Å². The molecule has 0 unspecified atom stereocenters. The van der Waals surface area contributed by atoms with Gasteiger partial charge in [-0.2, -0.15) is 0 Å². The van der Waals surface area contributed by atoms with Crippen LogP contribution in [0.5, 0.6) is 0 Å². The Balaban J connectivity index is 1.71. The Bertz CT molecular complexity index is 648. The van der Waals surface area contributed by atoms with Crippen LogP contribution >= 0.6 is 0 Å². The Morgan fingerprint density at radius 1 is 1.04 bits per heavy atom. The molecule has 2 aromatic carbocycles. The molecule has 2 aromatic rings. The summed E-state index contributed by atoms with van der Waals surface area (Å²) in [5.41, 5.74) is 3.07. The van der Waals surface area contributed by atoms with E-state index in [2.05, 4.69) is 28.8 Å². The van der Waals surface area contributed by atoms with E-state index in [1.807, 2.05) is 43.3 Å². The number of hydrogen-bond donors (Lipinski definition) is 2. The Labute approximate surface area is 138 Å². The highest BCUT2D eigenvalue weighted by molar-refractivity contribution is 5.97. The van der Waals surface area contributed by atoms with Gasteiger partial charge in [-0.05, 0) is 44.2 Å². The van der Waals surface area contributed by atoms with Crippen LogP contribution in [0, 0.1) is 0 Å². The van der Waals surface area contributed by atoms with E-state index in [0.29, 0.717) is 6.04 Å². The summed E-state index contributed by atoms with van der Waals surface area (Å²) in [6.45, 7) is 2.00. The number of carbonyl (C=O) groups excluding carboxylic acids is 1. The first-order valence-corrected chi connectivity index (χ1v) is 8.54. The van der Waals surface area contributed by atoms with Crippen molar-refractivity contribution in [2.24, 2.45) is 0 Å². The number of carbonyl (C=O) groups is 1. The summed E-state index contributed by atoms with van der Waals surface area (Å²) in [5.74, 6) is 0.0836. The van der Waals surface area contributed by atoms with Crippen LogP contribution in [0.3, 0.4) is 0 Å². The molecule has 0 aliphatic heterocycles. The summed E-state index contributed by atoms with van der Waals surface area (Å²) >= 11 is 0. The SMILES string of the molecule is C[C@H]([NH2+]C1CCCC1)C(=O)Nc1ccccc1-c1ccccc1. The largest absolute Gasteiger partial charge is 0.334 e. The third-order valence-electron chi connectivity index (χ3n) is 4.64. The third kappa shape index (κ3) is 3.99. The first kappa shape index (κ1) is 15.8. The molecule has 3 heteroatoms. The lowest BCUT2D eigenvalue weighted by molar-refractivity contribution is -0.705. The highest BCUT2D eigenvalue weighted by Gasteiger charge is 2.25. The molecule has 0 saturated heterocycles. The molecule has 1 saturated carbocycles. The van der Waals surface area contributed by atoms with Crippen molar-refractivity contribution in [1.82, 2.24) is 0 Å². The normalized spacial score (nSPS) is 16.2. The van der Waals surface area contributed by atoms with E-state index in [4.69, 9.17) is 0 Å². The molecule has 0 aromatic heterocycles. The van der Waals surface area contributed by atoms with E-state index in [1.165, 1.54) is 25.7 Å². The Morgan fingerprint density at radius 2 is 1.70 bits per heavy atom. The minimum Gasteiger partial charge on any atom is -0.334 e. The van der Waals surface area contributed by atoms with Gasteiger partial charge in [0.05, 0.1) is 6.04 Å². The Morgan fingerprint density at radius 3 is 2.43 bits per heavy atom. The van der Waals surface area contributed by atoms with E-state index in [-0.39, 0.29) is 11.9 Å². The van der Waals surface area contributed by atoms with Gasteiger partial charge in [-0.1, -0.05) is 48.5 Å². The summed E-state index contributed by atoms with van der Waals surface area (Å²) in [4.78, 5) is 12.5. The fraction of sp³-hybridized carbons (Fsp3) is 0.350. The number of rotatable bonds is 5. The second-order valence-electron chi connectivity index (χ2n) is 6.43. The minimum absolute atomic E-state index is 0.0538. The van der Waals surface area contributed by atoms with E-state index in [0.717, 1.165) is 16.8 Å². The maximum Gasteiger partial charge on any atom is 0.282 e. The molecule has 3 rings (SSSR count). The lowest BCUT2D eigenvalue weighted by atomic mass is 10.0. The third-order valence-corrected chi connectivity index (χ3v) is 4.64. The van der Waals surface area contributed by atoms with Crippen LogP contribution in [0.25, 0.3) is 11.1 Å². The molecule has 0 bridgehead atoms. The summed E-state index contributed by atoms with van der Waals surface area (Å²) in [5, 5.41) is 5.34.